The van der Waals surface area contributed by atoms with Crippen LogP contribution < -0.4 is 10.1 Å². The lowest BCUT2D eigenvalue weighted by Crippen LogP contribution is -2.06. The monoisotopic (exact) mass is 388 g/mol. The van der Waals surface area contributed by atoms with Crippen LogP contribution in [0.25, 0.3) is 11.0 Å². The maximum absolute atomic E-state index is 13.9. The third kappa shape index (κ3) is 3.84. The minimum Gasteiger partial charge on any atom is -0.479 e. The lowest BCUT2D eigenvalue weighted by molar-refractivity contribution is 0.368. The number of fused-ring (bicyclic) bond motifs is 1. The molecule has 4 aromatic heterocycles. The van der Waals surface area contributed by atoms with Crippen LogP contribution in [0.4, 0.5) is 10.2 Å². The summed E-state index contributed by atoms with van der Waals surface area (Å²) in [6.45, 7) is 0.367. The molecule has 4 aromatic rings. The van der Waals surface area contributed by atoms with Crippen molar-refractivity contribution in [2.75, 3.05) is 12.4 Å². The Morgan fingerprint density at radius 3 is 2.90 bits per heavy atom. The van der Waals surface area contributed by atoms with E-state index in [2.05, 4.69) is 31.3 Å². The van der Waals surface area contributed by atoms with Crippen LogP contribution in [0.2, 0.25) is 0 Å². The predicted molar refractivity (Wildman–Crippen MR) is 106 cm³/mol. The number of rotatable bonds is 6. The second-order valence-electron chi connectivity index (χ2n) is 6.42. The van der Waals surface area contributed by atoms with Gasteiger partial charge in [0.2, 0.25) is 5.88 Å². The average molecular weight is 388 g/mol. The Bertz CT molecular complexity index is 1210. The molecule has 0 spiro atoms. The van der Waals surface area contributed by atoms with Crippen LogP contribution in [-0.2, 0) is 13.0 Å². The molecule has 29 heavy (non-hydrogen) atoms. The van der Waals surface area contributed by atoms with Gasteiger partial charge in [-0.25, -0.2) is 19.3 Å². The maximum atomic E-state index is 13.9. The van der Waals surface area contributed by atoms with Crippen LogP contribution in [0.1, 0.15) is 22.3 Å². The molecule has 0 fully saturated rings. The van der Waals surface area contributed by atoms with Gasteiger partial charge in [-0.1, -0.05) is 6.07 Å². The summed E-state index contributed by atoms with van der Waals surface area (Å²) in [6, 6.07) is 9.16. The summed E-state index contributed by atoms with van der Waals surface area (Å²) in [5.74, 6) is 0.159. The number of ether oxygens (including phenoxy) is 1. The summed E-state index contributed by atoms with van der Waals surface area (Å²) in [5.41, 5.74) is 3.90. The molecule has 0 saturated carbocycles. The minimum atomic E-state index is -0.507. The molecule has 144 valence electrons. The molecule has 8 heteroatoms. The number of nitrogens with one attached hydrogen (secondary N) is 2. The number of hydrogen-bond acceptors (Lipinski definition) is 6. The average Bonchev–Trinajstić information content (AvgIpc) is 3.15. The molecule has 0 aromatic carbocycles. The van der Waals surface area contributed by atoms with E-state index in [0.717, 1.165) is 22.2 Å². The fourth-order valence-electron chi connectivity index (χ4n) is 3.11. The summed E-state index contributed by atoms with van der Waals surface area (Å²) in [5, 5.41) is 13.3. The number of pyridine rings is 3. The molecular formula is C21H17FN6O. The van der Waals surface area contributed by atoms with Gasteiger partial charge in [0, 0.05) is 43.1 Å². The number of anilines is 1. The highest BCUT2D eigenvalue weighted by molar-refractivity contribution is 5.81. The van der Waals surface area contributed by atoms with Crippen LogP contribution in [0.15, 0.2) is 49.1 Å². The van der Waals surface area contributed by atoms with Crippen molar-refractivity contribution in [3.8, 4) is 11.9 Å². The van der Waals surface area contributed by atoms with Crippen molar-refractivity contribution in [2.45, 2.75) is 13.0 Å². The van der Waals surface area contributed by atoms with Crippen molar-refractivity contribution in [3.05, 3.63) is 77.1 Å². The number of aromatic nitrogens is 4. The molecule has 7 nitrogen and oxygen atoms in total. The van der Waals surface area contributed by atoms with E-state index in [4.69, 9.17) is 10.00 Å². The number of methoxy groups -OCH3 is 1. The first kappa shape index (κ1) is 18.4. The third-order valence-electron chi connectivity index (χ3n) is 4.54. The lowest BCUT2D eigenvalue weighted by atomic mass is 10.0. The van der Waals surface area contributed by atoms with Crippen LogP contribution in [-0.4, -0.2) is 27.0 Å². The Morgan fingerprint density at radius 2 is 2.10 bits per heavy atom. The molecule has 0 atom stereocenters. The lowest BCUT2D eigenvalue weighted by Gasteiger charge is -2.11. The molecule has 4 rings (SSSR count). The smallest absolute Gasteiger partial charge is 0.250 e. The van der Waals surface area contributed by atoms with Crippen LogP contribution >= 0.6 is 0 Å². The van der Waals surface area contributed by atoms with Gasteiger partial charge >= 0.3 is 0 Å². The Morgan fingerprint density at radius 1 is 1.21 bits per heavy atom. The van der Waals surface area contributed by atoms with Crippen molar-refractivity contribution in [1.82, 2.24) is 19.9 Å². The summed E-state index contributed by atoms with van der Waals surface area (Å²) in [7, 11) is 1.38. The van der Waals surface area contributed by atoms with Crippen molar-refractivity contribution in [2.24, 2.45) is 0 Å². The molecule has 0 aliphatic heterocycles. The van der Waals surface area contributed by atoms with E-state index in [9.17, 15) is 4.39 Å². The molecular weight excluding hydrogens is 371 g/mol. The van der Waals surface area contributed by atoms with Gasteiger partial charge in [0.25, 0.3) is 0 Å². The summed E-state index contributed by atoms with van der Waals surface area (Å²) < 4.78 is 18.7. The van der Waals surface area contributed by atoms with Crippen LogP contribution in [0.5, 0.6) is 5.88 Å². The molecule has 0 amide bonds. The van der Waals surface area contributed by atoms with E-state index in [1.54, 1.807) is 18.6 Å². The normalized spacial score (nSPS) is 10.7. The first-order valence-electron chi connectivity index (χ1n) is 8.90. The summed E-state index contributed by atoms with van der Waals surface area (Å²) >= 11 is 0. The number of halogens is 1. The van der Waals surface area contributed by atoms with E-state index in [0.29, 0.717) is 29.9 Å². The van der Waals surface area contributed by atoms with E-state index in [-0.39, 0.29) is 5.88 Å². The zero-order valence-corrected chi connectivity index (χ0v) is 15.6. The van der Waals surface area contributed by atoms with Crippen LogP contribution in [0.3, 0.4) is 0 Å². The predicted octanol–water partition coefficient (Wildman–Crippen LogP) is 3.58. The molecule has 0 unspecified atom stereocenters. The fourth-order valence-corrected chi connectivity index (χ4v) is 3.11. The van der Waals surface area contributed by atoms with Gasteiger partial charge < -0.3 is 15.0 Å². The summed E-state index contributed by atoms with van der Waals surface area (Å²) in [6.07, 6.45) is 7.29. The fraction of sp³-hybridized carbons (Fsp3) is 0.143. The molecule has 0 bridgehead atoms. The number of hydrogen-bond donors (Lipinski definition) is 2. The van der Waals surface area contributed by atoms with E-state index in [1.165, 1.54) is 13.2 Å². The third-order valence-corrected chi connectivity index (χ3v) is 4.54. The highest BCUT2D eigenvalue weighted by Gasteiger charge is 2.11. The van der Waals surface area contributed by atoms with Gasteiger partial charge in [-0.2, -0.15) is 5.26 Å². The molecule has 0 saturated heterocycles. The zero-order valence-electron chi connectivity index (χ0n) is 15.6. The Balaban J connectivity index is 1.56. The van der Waals surface area contributed by atoms with Crippen LogP contribution in [0, 0.1) is 17.1 Å². The van der Waals surface area contributed by atoms with Gasteiger partial charge in [-0.3, -0.25) is 0 Å². The second-order valence-corrected chi connectivity index (χ2v) is 6.42. The number of aromatic amines is 1. The van der Waals surface area contributed by atoms with Gasteiger partial charge in [-0.05, 0) is 34.9 Å². The number of nitriles is 1. The molecule has 2 N–H and O–H groups in total. The Labute approximate surface area is 166 Å². The summed E-state index contributed by atoms with van der Waals surface area (Å²) in [4.78, 5) is 15.8. The van der Waals surface area contributed by atoms with Crippen molar-refractivity contribution < 1.29 is 9.13 Å². The van der Waals surface area contributed by atoms with Gasteiger partial charge in [0.15, 0.2) is 5.82 Å². The molecule has 4 heterocycles. The molecule has 0 aliphatic rings. The maximum Gasteiger partial charge on any atom is 0.250 e. The Hall–Kier alpha value is -3.99. The largest absolute Gasteiger partial charge is 0.479 e. The standard InChI is InChI=1S/C21H17FN6O/c1-29-21-18(22)6-14(11-28-21)10-25-19-15(3-2-4-24-19)7-16-12-27-20-17(16)5-13(8-23)9-26-20/h2-6,9,11-12H,7,10H2,1H3,(H,24,25)(H,26,27). The van der Waals surface area contributed by atoms with Crippen molar-refractivity contribution >= 4 is 16.9 Å². The van der Waals surface area contributed by atoms with Crippen molar-refractivity contribution in [1.29, 1.82) is 5.26 Å². The quantitative estimate of drug-likeness (QED) is 0.524. The molecule has 0 radical (unpaired) electrons. The van der Waals surface area contributed by atoms with E-state index in [1.807, 2.05) is 24.4 Å². The van der Waals surface area contributed by atoms with E-state index >= 15 is 0 Å². The Kier molecular flexibility index (Phi) is 5.03. The SMILES string of the molecule is COc1ncc(CNc2ncccc2Cc2c[nH]c3ncc(C#N)cc23)cc1F. The van der Waals surface area contributed by atoms with Crippen molar-refractivity contribution in [3.63, 3.8) is 0 Å². The first-order chi connectivity index (χ1) is 14.2. The minimum absolute atomic E-state index is 0.0306. The topological polar surface area (TPSA) is 99.5 Å². The van der Waals surface area contributed by atoms with Gasteiger partial charge in [0.05, 0.1) is 12.7 Å². The van der Waals surface area contributed by atoms with E-state index < -0.39 is 5.82 Å². The first-order valence-corrected chi connectivity index (χ1v) is 8.90. The number of H-pyrrole nitrogens is 1. The second kappa shape index (κ2) is 7.94. The number of nitrogens with zero attached hydrogens (tertiary/aromatic N) is 4. The highest BCUT2D eigenvalue weighted by Crippen LogP contribution is 2.24. The van der Waals surface area contributed by atoms with Gasteiger partial charge in [0.1, 0.15) is 17.5 Å². The zero-order chi connectivity index (χ0) is 20.2. The molecule has 0 aliphatic carbocycles. The highest BCUT2D eigenvalue weighted by atomic mass is 19.1. The van der Waals surface area contributed by atoms with Gasteiger partial charge in [-0.15, -0.1) is 0 Å².